The Morgan fingerprint density at radius 1 is 1.21 bits per heavy atom. The van der Waals surface area contributed by atoms with Gasteiger partial charge in [0, 0.05) is 18.7 Å². The molecule has 146 valence electrons. The Morgan fingerprint density at radius 2 is 1.96 bits per heavy atom. The number of rotatable bonds is 7. The zero-order chi connectivity index (χ0) is 20.1. The van der Waals surface area contributed by atoms with E-state index in [4.69, 9.17) is 0 Å². The molecule has 0 aliphatic rings. The first-order valence-corrected chi connectivity index (χ1v) is 10.1. The van der Waals surface area contributed by atoms with Crippen LogP contribution < -0.4 is 5.32 Å². The Bertz CT molecular complexity index is 958. The van der Waals surface area contributed by atoms with Crippen molar-refractivity contribution in [1.82, 2.24) is 14.8 Å². The van der Waals surface area contributed by atoms with Gasteiger partial charge in [-0.1, -0.05) is 48.2 Å². The molecule has 1 atom stereocenters. The predicted molar refractivity (Wildman–Crippen MR) is 110 cm³/mol. The molecule has 5 nitrogen and oxygen atoms in total. The molecule has 3 aromatic rings. The van der Waals surface area contributed by atoms with Gasteiger partial charge in [0.1, 0.15) is 11.6 Å². The Kier molecular flexibility index (Phi) is 6.46. The normalized spacial score (nSPS) is 12.0. The van der Waals surface area contributed by atoms with E-state index < -0.39 is 5.25 Å². The average molecular weight is 399 g/mol. The summed E-state index contributed by atoms with van der Waals surface area (Å²) < 4.78 is 15.7. The summed E-state index contributed by atoms with van der Waals surface area (Å²) in [5.41, 5.74) is 2.15. The number of nitrogens with zero attached hydrogens (tertiary/aromatic N) is 3. The van der Waals surface area contributed by atoms with Crippen molar-refractivity contribution in [2.45, 2.75) is 44.1 Å². The minimum atomic E-state index is -0.400. The Hall–Kier alpha value is -2.67. The summed E-state index contributed by atoms with van der Waals surface area (Å²) in [6, 6.07) is 14.8. The van der Waals surface area contributed by atoms with Crippen molar-refractivity contribution in [3.8, 4) is 0 Å². The molecule has 1 amide bonds. The van der Waals surface area contributed by atoms with E-state index >= 15 is 0 Å². The molecular formula is C21H23FN4OS. The fourth-order valence-corrected chi connectivity index (χ4v) is 3.69. The summed E-state index contributed by atoms with van der Waals surface area (Å²) in [4.78, 5) is 12.5. The topological polar surface area (TPSA) is 59.8 Å². The number of carbonyl (C=O) groups excluding carboxylic acids is 1. The highest BCUT2D eigenvalue weighted by Gasteiger charge is 2.20. The van der Waals surface area contributed by atoms with E-state index in [0.717, 1.165) is 17.9 Å². The van der Waals surface area contributed by atoms with Gasteiger partial charge in [0.05, 0.1) is 5.25 Å². The van der Waals surface area contributed by atoms with E-state index in [1.807, 2.05) is 29.7 Å². The molecule has 3 rings (SSSR count). The van der Waals surface area contributed by atoms with Crippen LogP contribution in [0.1, 0.15) is 30.8 Å². The van der Waals surface area contributed by atoms with E-state index in [9.17, 15) is 9.18 Å². The van der Waals surface area contributed by atoms with E-state index in [1.165, 1.54) is 17.8 Å². The van der Waals surface area contributed by atoms with Crippen molar-refractivity contribution in [1.29, 1.82) is 0 Å². The van der Waals surface area contributed by atoms with E-state index in [0.29, 0.717) is 22.8 Å². The second-order valence-electron chi connectivity index (χ2n) is 6.52. The van der Waals surface area contributed by atoms with Gasteiger partial charge in [0.15, 0.2) is 5.16 Å². The maximum atomic E-state index is 13.7. The number of amides is 1. The number of nitrogens with one attached hydrogen (secondary N) is 1. The first kappa shape index (κ1) is 20.1. The molecule has 1 N–H and O–H groups in total. The van der Waals surface area contributed by atoms with Crippen molar-refractivity contribution >= 4 is 23.4 Å². The molecule has 0 saturated carbocycles. The quantitative estimate of drug-likeness (QED) is 0.597. The van der Waals surface area contributed by atoms with Gasteiger partial charge in [0.2, 0.25) is 5.91 Å². The molecule has 0 aliphatic carbocycles. The molecule has 1 unspecified atom stereocenters. The van der Waals surface area contributed by atoms with Gasteiger partial charge >= 0.3 is 0 Å². The van der Waals surface area contributed by atoms with Crippen LogP contribution in [-0.4, -0.2) is 25.9 Å². The monoisotopic (exact) mass is 398 g/mol. The zero-order valence-electron chi connectivity index (χ0n) is 16.1. The zero-order valence-corrected chi connectivity index (χ0v) is 17.0. The van der Waals surface area contributed by atoms with Gasteiger partial charge in [-0.05, 0) is 44.0 Å². The van der Waals surface area contributed by atoms with Gasteiger partial charge < -0.3 is 9.88 Å². The third kappa shape index (κ3) is 4.78. The maximum Gasteiger partial charge on any atom is 0.237 e. The van der Waals surface area contributed by atoms with E-state index in [1.54, 1.807) is 26.0 Å². The third-order valence-electron chi connectivity index (χ3n) is 4.41. The number of aryl methyl sites for hydroxylation is 1. The van der Waals surface area contributed by atoms with Crippen molar-refractivity contribution in [3.63, 3.8) is 0 Å². The summed E-state index contributed by atoms with van der Waals surface area (Å²) in [6.07, 6.45) is 0.686. The van der Waals surface area contributed by atoms with Crippen LogP contribution in [0.2, 0.25) is 0 Å². The van der Waals surface area contributed by atoms with Gasteiger partial charge in [-0.2, -0.15) is 0 Å². The molecular weight excluding hydrogens is 375 g/mol. The molecule has 0 bridgehead atoms. The first-order valence-electron chi connectivity index (χ1n) is 9.17. The van der Waals surface area contributed by atoms with Crippen LogP contribution in [0.3, 0.4) is 0 Å². The molecule has 0 aliphatic heterocycles. The number of thioether (sulfide) groups is 1. The van der Waals surface area contributed by atoms with E-state index in [2.05, 4.69) is 27.6 Å². The molecule has 0 saturated heterocycles. The van der Waals surface area contributed by atoms with Crippen LogP contribution in [0.25, 0.3) is 0 Å². The van der Waals surface area contributed by atoms with Gasteiger partial charge in [-0.15, -0.1) is 10.2 Å². The minimum Gasteiger partial charge on any atom is -0.325 e. The molecule has 1 heterocycles. The number of halogens is 1. The highest BCUT2D eigenvalue weighted by molar-refractivity contribution is 8.00. The maximum absolute atomic E-state index is 13.7. The van der Waals surface area contributed by atoms with Gasteiger partial charge in [0.25, 0.3) is 0 Å². The highest BCUT2D eigenvalue weighted by atomic mass is 32.2. The van der Waals surface area contributed by atoms with Crippen molar-refractivity contribution in [2.24, 2.45) is 0 Å². The van der Waals surface area contributed by atoms with Crippen LogP contribution in [0, 0.1) is 12.7 Å². The lowest BCUT2D eigenvalue weighted by molar-refractivity contribution is -0.115. The van der Waals surface area contributed by atoms with Gasteiger partial charge in [-0.25, -0.2) is 4.39 Å². The predicted octanol–water partition coefficient (Wildman–Crippen LogP) is 4.46. The number of aromatic nitrogens is 3. The summed E-state index contributed by atoms with van der Waals surface area (Å²) in [5, 5.41) is 11.6. The largest absolute Gasteiger partial charge is 0.325 e. The Morgan fingerprint density at radius 3 is 2.64 bits per heavy atom. The Balaban J connectivity index is 1.68. The lowest BCUT2D eigenvalue weighted by Crippen LogP contribution is -2.23. The Labute approximate surface area is 168 Å². The SMILES string of the molecule is CCn1c(Cc2ccccc2)nnc1SC(C)C(=O)Nc1ccc(C)c(F)c1. The second-order valence-corrected chi connectivity index (χ2v) is 7.83. The second kappa shape index (κ2) is 9.01. The van der Waals surface area contributed by atoms with Crippen LogP contribution in [0.4, 0.5) is 10.1 Å². The average Bonchev–Trinajstić information content (AvgIpc) is 3.06. The number of carbonyl (C=O) groups is 1. The molecule has 0 fully saturated rings. The molecule has 7 heteroatoms. The van der Waals surface area contributed by atoms with E-state index in [-0.39, 0.29) is 11.7 Å². The standard InChI is InChI=1S/C21H23FN4OS/c1-4-26-19(12-16-8-6-5-7-9-16)24-25-21(26)28-15(3)20(27)23-17-11-10-14(2)18(22)13-17/h5-11,13,15H,4,12H2,1-3H3,(H,23,27). The van der Waals surface area contributed by atoms with Crippen molar-refractivity contribution in [3.05, 3.63) is 71.3 Å². The van der Waals surface area contributed by atoms with Crippen molar-refractivity contribution < 1.29 is 9.18 Å². The molecule has 0 radical (unpaired) electrons. The number of hydrogen-bond donors (Lipinski definition) is 1. The summed E-state index contributed by atoms with van der Waals surface area (Å²) in [6.45, 7) is 6.23. The lowest BCUT2D eigenvalue weighted by Gasteiger charge is -2.13. The van der Waals surface area contributed by atoms with Crippen LogP contribution in [0.15, 0.2) is 53.7 Å². The van der Waals surface area contributed by atoms with Crippen LogP contribution in [-0.2, 0) is 17.8 Å². The molecule has 0 spiro atoms. The highest BCUT2D eigenvalue weighted by Crippen LogP contribution is 2.24. The molecule has 2 aromatic carbocycles. The number of benzene rings is 2. The van der Waals surface area contributed by atoms with Crippen LogP contribution >= 0.6 is 11.8 Å². The summed E-state index contributed by atoms with van der Waals surface area (Å²) in [7, 11) is 0. The molecule has 1 aromatic heterocycles. The van der Waals surface area contributed by atoms with Crippen molar-refractivity contribution in [2.75, 3.05) is 5.32 Å². The van der Waals surface area contributed by atoms with Gasteiger partial charge in [-0.3, -0.25) is 4.79 Å². The number of hydrogen-bond acceptors (Lipinski definition) is 4. The summed E-state index contributed by atoms with van der Waals surface area (Å²) >= 11 is 1.34. The fraction of sp³-hybridized carbons (Fsp3) is 0.286. The number of anilines is 1. The molecule has 28 heavy (non-hydrogen) atoms. The summed E-state index contributed by atoms with van der Waals surface area (Å²) in [5.74, 6) is 0.322. The minimum absolute atomic E-state index is 0.205. The first-order chi connectivity index (χ1) is 13.5. The van der Waals surface area contributed by atoms with Crippen LogP contribution in [0.5, 0.6) is 0 Å². The smallest absolute Gasteiger partial charge is 0.237 e. The third-order valence-corrected chi connectivity index (χ3v) is 5.49. The fourth-order valence-electron chi connectivity index (χ4n) is 2.76. The lowest BCUT2D eigenvalue weighted by atomic mass is 10.1.